The van der Waals surface area contributed by atoms with Gasteiger partial charge in [0.2, 0.25) is 0 Å². The number of hydrogen-bond donors (Lipinski definition) is 0. The molecule has 0 amide bonds. The Balaban J connectivity index is 2.74. The van der Waals surface area contributed by atoms with E-state index in [1.807, 2.05) is 6.07 Å². The van der Waals surface area contributed by atoms with Gasteiger partial charge < -0.3 is 0 Å². The molecule has 1 heterocycles. The van der Waals surface area contributed by atoms with Crippen LogP contribution in [0.1, 0.15) is 24.9 Å². The second kappa shape index (κ2) is 4.29. The Morgan fingerprint density at radius 2 is 2.36 bits per heavy atom. The molecular formula is C8H11ClN2. The molecule has 1 rings (SSSR count). The van der Waals surface area contributed by atoms with Gasteiger partial charge in [-0.25, -0.2) is 9.97 Å². The number of aromatic nitrogens is 2. The largest absolute Gasteiger partial charge is 0.240 e. The predicted molar refractivity (Wildman–Crippen MR) is 45.6 cm³/mol. The van der Waals surface area contributed by atoms with Gasteiger partial charge in [-0.05, 0) is 12.5 Å². The van der Waals surface area contributed by atoms with Gasteiger partial charge in [0, 0.05) is 11.9 Å². The monoisotopic (exact) mass is 170 g/mol. The fraction of sp³-hybridized carbons (Fsp3) is 0.500. The zero-order chi connectivity index (χ0) is 8.10. The van der Waals surface area contributed by atoms with Crippen molar-refractivity contribution in [3.63, 3.8) is 0 Å². The van der Waals surface area contributed by atoms with Crippen LogP contribution in [-0.2, 0) is 12.3 Å². The van der Waals surface area contributed by atoms with E-state index in [1.165, 1.54) is 0 Å². The number of hydrogen-bond acceptors (Lipinski definition) is 2. The number of aryl methyl sites for hydroxylation is 1. The Hall–Kier alpha value is -0.630. The van der Waals surface area contributed by atoms with E-state index >= 15 is 0 Å². The Morgan fingerprint density at radius 3 is 3.00 bits per heavy atom. The van der Waals surface area contributed by atoms with Crippen molar-refractivity contribution in [3.05, 3.63) is 23.8 Å². The molecule has 0 fully saturated rings. The average Bonchev–Trinajstić information content (AvgIpc) is 2.06. The lowest BCUT2D eigenvalue weighted by atomic mass is 10.2. The van der Waals surface area contributed by atoms with Crippen LogP contribution in [0.25, 0.3) is 0 Å². The molecule has 0 saturated carbocycles. The first kappa shape index (κ1) is 8.47. The van der Waals surface area contributed by atoms with Gasteiger partial charge in [0.1, 0.15) is 5.82 Å². The molecule has 0 atom stereocenters. The van der Waals surface area contributed by atoms with Crippen LogP contribution in [0.5, 0.6) is 0 Å². The second-order valence-electron chi connectivity index (χ2n) is 2.35. The molecule has 60 valence electrons. The highest BCUT2D eigenvalue weighted by molar-refractivity contribution is 6.16. The SMILES string of the molecule is CCCc1ccnc(CCl)n1. The summed E-state index contributed by atoms with van der Waals surface area (Å²) in [6, 6.07) is 1.93. The summed E-state index contributed by atoms with van der Waals surface area (Å²) in [4.78, 5) is 8.23. The van der Waals surface area contributed by atoms with Crippen molar-refractivity contribution in [1.82, 2.24) is 9.97 Å². The zero-order valence-electron chi connectivity index (χ0n) is 6.55. The molecule has 0 aromatic carbocycles. The molecule has 0 aliphatic heterocycles. The maximum absolute atomic E-state index is 5.57. The van der Waals surface area contributed by atoms with Gasteiger partial charge in [-0.2, -0.15) is 0 Å². The van der Waals surface area contributed by atoms with Crippen LogP contribution < -0.4 is 0 Å². The van der Waals surface area contributed by atoms with E-state index in [-0.39, 0.29) is 0 Å². The van der Waals surface area contributed by atoms with Crippen LogP contribution in [0.2, 0.25) is 0 Å². The van der Waals surface area contributed by atoms with Crippen molar-refractivity contribution in [2.45, 2.75) is 25.6 Å². The summed E-state index contributed by atoms with van der Waals surface area (Å²) in [6.45, 7) is 2.13. The molecule has 2 nitrogen and oxygen atoms in total. The third-order valence-electron chi connectivity index (χ3n) is 1.39. The molecule has 0 N–H and O–H groups in total. The molecule has 1 aromatic heterocycles. The molecule has 11 heavy (non-hydrogen) atoms. The summed E-state index contributed by atoms with van der Waals surface area (Å²) in [7, 11) is 0. The van der Waals surface area contributed by atoms with E-state index in [0.717, 1.165) is 24.4 Å². The van der Waals surface area contributed by atoms with Gasteiger partial charge >= 0.3 is 0 Å². The molecule has 0 aliphatic carbocycles. The Labute approximate surface area is 71.6 Å². The fourth-order valence-corrected chi connectivity index (χ4v) is 1.03. The highest BCUT2D eigenvalue weighted by Crippen LogP contribution is 2.00. The van der Waals surface area contributed by atoms with Gasteiger partial charge in [0.25, 0.3) is 0 Å². The van der Waals surface area contributed by atoms with E-state index in [9.17, 15) is 0 Å². The molecule has 0 bridgehead atoms. The summed E-state index contributed by atoms with van der Waals surface area (Å²) in [5.74, 6) is 1.12. The van der Waals surface area contributed by atoms with Crippen molar-refractivity contribution in [3.8, 4) is 0 Å². The minimum atomic E-state index is 0.400. The number of rotatable bonds is 3. The lowest BCUT2D eigenvalue weighted by Crippen LogP contribution is -1.95. The van der Waals surface area contributed by atoms with Gasteiger partial charge in [0.15, 0.2) is 0 Å². The van der Waals surface area contributed by atoms with Crippen molar-refractivity contribution in [2.24, 2.45) is 0 Å². The molecule has 0 spiro atoms. The lowest BCUT2D eigenvalue weighted by Gasteiger charge is -1.97. The van der Waals surface area contributed by atoms with Crippen LogP contribution in [0.3, 0.4) is 0 Å². The first-order valence-electron chi connectivity index (χ1n) is 3.73. The number of halogens is 1. The summed E-state index contributed by atoms with van der Waals surface area (Å²) in [6.07, 6.45) is 3.88. The van der Waals surface area contributed by atoms with Gasteiger partial charge in [0.05, 0.1) is 5.88 Å². The minimum absolute atomic E-state index is 0.400. The summed E-state index contributed by atoms with van der Waals surface area (Å²) in [5, 5.41) is 0. The first-order chi connectivity index (χ1) is 5.36. The number of nitrogens with zero attached hydrogens (tertiary/aromatic N) is 2. The summed E-state index contributed by atoms with van der Waals surface area (Å²) >= 11 is 5.57. The predicted octanol–water partition coefficient (Wildman–Crippen LogP) is 2.17. The first-order valence-corrected chi connectivity index (χ1v) is 4.27. The van der Waals surface area contributed by atoms with Gasteiger partial charge in [-0.3, -0.25) is 0 Å². The molecule has 0 saturated heterocycles. The summed E-state index contributed by atoms with van der Waals surface area (Å²) < 4.78 is 0. The quantitative estimate of drug-likeness (QED) is 0.650. The maximum atomic E-state index is 5.57. The van der Waals surface area contributed by atoms with Crippen LogP contribution in [0, 0.1) is 0 Å². The van der Waals surface area contributed by atoms with Crippen molar-refractivity contribution >= 4 is 11.6 Å². The smallest absolute Gasteiger partial charge is 0.143 e. The number of alkyl halides is 1. The highest BCUT2D eigenvalue weighted by atomic mass is 35.5. The topological polar surface area (TPSA) is 25.8 Å². The molecular weight excluding hydrogens is 160 g/mol. The van der Waals surface area contributed by atoms with Crippen LogP contribution in [0.15, 0.2) is 12.3 Å². The van der Waals surface area contributed by atoms with Crippen LogP contribution in [-0.4, -0.2) is 9.97 Å². The molecule has 1 aromatic rings. The Morgan fingerprint density at radius 1 is 1.55 bits per heavy atom. The Kier molecular flexibility index (Phi) is 3.30. The van der Waals surface area contributed by atoms with Crippen molar-refractivity contribution in [2.75, 3.05) is 0 Å². The fourth-order valence-electron chi connectivity index (χ4n) is 0.901. The normalized spacial score (nSPS) is 10.0. The Bertz CT molecular complexity index is 225. The van der Waals surface area contributed by atoms with Crippen LogP contribution in [0.4, 0.5) is 0 Å². The molecule has 0 unspecified atom stereocenters. The molecule has 3 heteroatoms. The molecule has 0 radical (unpaired) electrons. The van der Waals surface area contributed by atoms with Crippen molar-refractivity contribution in [1.29, 1.82) is 0 Å². The second-order valence-corrected chi connectivity index (χ2v) is 2.62. The maximum Gasteiger partial charge on any atom is 0.143 e. The molecule has 0 aliphatic rings. The lowest BCUT2D eigenvalue weighted by molar-refractivity contribution is 0.852. The summed E-state index contributed by atoms with van der Waals surface area (Å²) in [5.41, 5.74) is 1.08. The highest BCUT2D eigenvalue weighted by Gasteiger charge is 1.95. The third-order valence-corrected chi connectivity index (χ3v) is 1.63. The zero-order valence-corrected chi connectivity index (χ0v) is 7.30. The van der Waals surface area contributed by atoms with E-state index in [4.69, 9.17) is 11.6 Å². The van der Waals surface area contributed by atoms with E-state index < -0.39 is 0 Å². The third kappa shape index (κ3) is 2.46. The van der Waals surface area contributed by atoms with Gasteiger partial charge in [-0.15, -0.1) is 11.6 Å². The average molecular weight is 171 g/mol. The van der Waals surface area contributed by atoms with E-state index in [1.54, 1.807) is 6.20 Å². The standard InChI is InChI=1S/C8H11ClN2/c1-2-3-7-4-5-10-8(6-9)11-7/h4-5H,2-3,6H2,1H3. The van der Waals surface area contributed by atoms with E-state index in [2.05, 4.69) is 16.9 Å². The van der Waals surface area contributed by atoms with Gasteiger partial charge in [-0.1, -0.05) is 13.3 Å². The van der Waals surface area contributed by atoms with Crippen molar-refractivity contribution < 1.29 is 0 Å². The minimum Gasteiger partial charge on any atom is -0.240 e. The van der Waals surface area contributed by atoms with E-state index in [0.29, 0.717) is 5.88 Å². The van der Waals surface area contributed by atoms with Crippen LogP contribution >= 0.6 is 11.6 Å².